The molecule has 0 aromatic carbocycles. The van der Waals surface area contributed by atoms with E-state index in [1.165, 1.54) is 5.57 Å². The van der Waals surface area contributed by atoms with Crippen molar-refractivity contribution in [2.45, 2.75) is 70.8 Å². The van der Waals surface area contributed by atoms with Gasteiger partial charge in [-0.15, -0.1) is 0 Å². The number of aliphatic hydroxyl groups is 2. The molecule has 4 aliphatic rings. The summed E-state index contributed by atoms with van der Waals surface area (Å²) in [5, 5.41) is 20.8. The van der Waals surface area contributed by atoms with Crippen LogP contribution in [0, 0.1) is 28.6 Å². The molecule has 2 N–H and O–H groups in total. The molecule has 4 heteroatoms. The summed E-state index contributed by atoms with van der Waals surface area (Å²) in [5.74, 6) is -0.0315. The highest BCUT2D eigenvalue weighted by Gasteiger charge is 2.63. The summed E-state index contributed by atoms with van der Waals surface area (Å²) in [4.78, 5) is 12.3. The van der Waals surface area contributed by atoms with E-state index in [0.717, 1.165) is 25.7 Å². The number of hydrogen-bond donors (Lipinski definition) is 2. The van der Waals surface area contributed by atoms with E-state index in [2.05, 4.69) is 6.92 Å². The van der Waals surface area contributed by atoms with Crippen molar-refractivity contribution < 1.29 is 19.4 Å². The van der Waals surface area contributed by atoms with Gasteiger partial charge in [0.05, 0.1) is 12.2 Å². The fourth-order valence-corrected chi connectivity index (χ4v) is 6.38. The summed E-state index contributed by atoms with van der Waals surface area (Å²) in [6.07, 6.45) is 3.87. The Kier molecular flexibility index (Phi) is 3.35. The van der Waals surface area contributed by atoms with E-state index in [1.807, 2.05) is 13.0 Å². The number of alkyl halides is 1. The number of aliphatic hydroxyl groups excluding tert-OH is 2. The van der Waals surface area contributed by atoms with Crippen LogP contribution in [0.2, 0.25) is 0 Å². The molecule has 0 amide bonds. The average molecular weight is 322 g/mol. The molecule has 23 heavy (non-hydrogen) atoms. The van der Waals surface area contributed by atoms with E-state index in [0.29, 0.717) is 12.3 Å². The predicted octanol–water partition coefficient (Wildman–Crippen LogP) is 2.80. The molecule has 3 nitrogen and oxygen atoms in total. The van der Waals surface area contributed by atoms with E-state index in [-0.39, 0.29) is 35.6 Å². The fraction of sp³-hybridized carbons (Fsp3) is 0.842. The first-order chi connectivity index (χ1) is 10.8. The van der Waals surface area contributed by atoms with Crippen LogP contribution in [0.5, 0.6) is 0 Å². The Balaban J connectivity index is 1.75. The first-order valence-electron chi connectivity index (χ1n) is 9.03. The molecule has 8 atom stereocenters. The normalized spacial score (nSPS) is 55.7. The van der Waals surface area contributed by atoms with Crippen molar-refractivity contribution in [2.24, 2.45) is 28.6 Å². The molecule has 0 aromatic heterocycles. The first-order valence-corrected chi connectivity index (χ1v) is 9.03. The summed E-state index contributed by atoms with van der Waals surface area (Å²) >= 11 is 0. The zero-order valence-electron chi connectivity index (χ0n) is 14.0. The minimum Gasteiger partial charge on any atom is -0.393 e. The highest BCUT2D eigenvalue weighted by atomic mass is 19.1. The molecule has 4 aliphatic carbocycles. The number of rotatable bonds is 0. The van der Waals surface area contributed by atoms with Crippen molar-refractivity contribution in [3.8, 4) is 0 Å². The van der Waals surface area contributed by atoms with E-state index in [4.69, 9.17) is 0 Å². The second-order valence-corrected chi connectivity index (χ2v) is 8.81. The maximum Gasteiger partial charge on any atom is 0.173 e. The van der Waals surface area contributed by atoms with Crippen LogP contribution in [0.25, 0.3) is 0 Å². The lowest BCUT2D eigenvalue weighted by Crippen LogP contribution is -2.54. The Morgan fingerprint density at radius 2 is 1.83 bits per heavy atom. The third kappa shape index (κ3) is 1.97. The molecular weight excluding hydrogens is 295 g/mol. The van der Waals surface area contributed by atoms with Gasteiger partial charge in [0.25, 0.3) is 0 Å². The maximum absolute atomic E-state index is 14.2. The van der Waals surface area contributed by atoms with Gasteiger partial charge in [-0.25, -0.2) is 4.39 Å². The summed E-state index contributed by atoms with van der Waals surface area (Å²) in [6.45, 7) is 4.16. The van der Waals surface area contributed by atoms with Crippen molar-refractivity contribution in [2.75, 3.05) is 0 Å². The van der Waals surface area contributed by atoms with Gasteiger partial charge in [-0.1, -0.05) is 25.5 Å². The SMILES string of the molecule is C[C@]12CCC(O)CC1=CC(O)[C@@H]1[C@H]2CC[C@]2(C)C(=O)C(F)C[C@@H]12. The number of ketones is 1. The molecule has 0 aliphatic heterocycles. The first kappa shape index (κ1) is 15.8. The standard InChI is InChI=1S/C19H27FO3/c1-18-5-3-11(21)7-10(18)8-15(22)16-12(18)4-6-19(2)13(16)9-14(20)17(19)23/h8,11-16,21-22H,3-7,9H2,1-2H3/t11?,12-,13+,14?,15?,16-,18+,19+/m1/s1. The van der Waals surface area contributed by atoms with Crippen LogP contribution in [-0.2, 0) is 4.79 Å². The van der Waals surface area contributed by atoms with Gasteiger partial charge < -0.3 is 10.2 Å². The van der Waals surface area contributed by atoms with Crippen LogP contribution in [0.4, 0.5) is 4.39 Å². The Hall–Kier alpha value is -0.740. The molecule has 3 saturated carbocycles. The summed E-state index contributed by atoms with van der Waals surface area (Å²) < 4.78 is 14.2. The van der Waals surface area contributed by atoms with Gasteiger partial charge in [-0.3, -0.25) is 4.79 Å². The van der Waals surface area contributed by atoms with E-state index < -0.39 is 17.7 Å². The number of Topliss-reactive ketones (excluding diaryl/α,β-unsaturated/α-hetero) is 1. The highest BCUT2D eigenvalue weighted by Crippen LogP contribution is 2.64. The Morgan fingerprint density at radius 3 is 2.57 bits per heavy atom. The number of carbonyl (C=O) groups excluding carboxylic acids is 1. The number of carbonyl (C=O) groups is 1. The number of hydrogen-bond acceptors (Lipinski definition) is 3. The summed E-state index contributed by atoms with van der Waals surface area (Å²) in [5.41, 5.74) is 0.564. The van der Waals surface area contributed by atoms with Crippen LogP contribution in [0.1, 0.15) is 52.4 Å². The smallest absolute Gasteiger partial charge is 0.173 e. The quantitative estimate of drug-likeness (QED) is 0.674. The minimum absolute atomic E-state index is 0.0120. The zero-order chi connectivity index (χ0) is 16.6. The largest absolute Gasteiger partial charge is 0.393 e. The lowest BCUT2D eigenvalue weighted by Gasteiger charge is -2.57. The van der Waals surface area contributed by atoms with Crippen molar-refractivity contribution in [3.05, 3.63) is 11.6 Å². The Bertz CT molecular complexity index is 573. The summed E-state index contributed by atoms with van der Waals surface area (Å²) in [6, 6.07) is 0. The van der Waals surface area contributed by atoms with Crippen LogP contribution in [0.3, 0.4) is 0 Å². The zero-order valence-corrected chi connectivity index (χ0v) is 14.0. The third-order valence-electron chi connectivity index (χ3n) is 7.80. The van der Waals surface area contributed by atoms with Gasteiger partial charge in [0, 0.05) is 5.41 Å². The molecule has 0 bridgehead atoms. The van der Waals surface area contributed by atoms with E-state index >= 15 is 0 Å². The number of halogens is 1. The van der Waals surface area contributed by atoms with Crippen LogP contribution >= 0.6 is 0 Å². The summed E-state index contributed by atoms with van der Waals surface area (Å²) in [7, 11) is 0. The van der Waals surface area contributed by atoms with Crippen LogP contribution in [-0.4, -0.2) is 34.4 Å². The van der Waals surface area contributed by atoms with Crippen LogP contribution in [0.15, 0.2) is 11.6 Å². The number of fused-ring (bicyclic) bond motifs is 5. The predicted molar refractivity (Wildman–Crippen MR) is 84.4 cm³/mol. The second kappa shape index (κ2) is 4.89. The molecule has 0 saturated heterocycles. The van der Waals surface area contributed by atoms with Crippen molar-refractivity contribution >= 4 is 5.78 Å². The van der Waals surface area contributed by atoms with E-state index in [1.54, 1.807) is 0 Å². The molecule has 0 radical (unpaired) electrons. The van der Waals surface area contributed by atoms with Gasteiger partial charge in [0.15, 0.2) is 12.0 Å². The fourth-order valence-electron chi connectivity index (χ4n) is 6.38. The highest BCUT2D eigenvalue weighted by molar-refractivity contribution is 5.91. The van der Waals surface area contributed by atoms with Gasteiger partial charge in [-0.2, -0.15) is 0 Å². The molecule has 4 rings (SSSR count). The van der Waals surface area contributed by atoms with E-state index in [9.17, 15) is 19.4 Å². The molecule has 0 heterocycles. The van der Waals surface area contributed by atoms with Gasteiger partial charge in [-0.05, 0) is 61.7 Å². The molecule has 3 fully saturated rings. The van der Waals surface area contributed by atoms with Crippen molar-refractivity contribution in [3.63, 3.8) is 0 Å². The van der Waals surface area contributed by atoms with Gasteiger partial charge >= 0.3 is 0 Å². The molecule has 0 spiro atoms. The van der Waals surface area contributed by atoms with Gasteiger partial charge in [0.1, 0.15) is 0 Å². The Morgan fingerprint density at radius 1 is 1.13 bits per heavy atom. The topological polar surface area (TPSA) is 57.5 Å². The maximum atomic E-state index is 14.2. The average Bonchev–Trinajstić information content (AvgIpc) is 2.73. The van der Waals surface area contributed by atoms with Gasteiger partial charge in [0.2, 0.25) is 0 Å². The third-order valence-corrected chi connectivity index (χ3v) is 7.80. The lowest BCUT2D eigenvalue weighted by molar-refractivity contribution is -0.137. The minimum atomic E-state index is -1.36. The molecular formula is C19H27FO3. The molecule has 0 aromatic rings. The monoisotopic (exact) mass is 322 g/mol. The molecule has 128 valence electrons. The van der Waals surface area contributed by atoms with Crippen molar-refractivity contribution in [1.82, 2.24) is 0 Å². The van der Waals surface area contributed by atoms with Crippen molar-refractivity contribution in [1.29, 1.82) is 0 Å². The molecule has 3 unspecified atom stereocenters. The second-order valence-electron chi connectivity index (χ2n) is 8.81. The lowest BCUT2D eigenvalue weighted by atomic mass is 9.47. The van der Waals surface area contributed by atoms with Crippen LogP contribution < -0.4 is 0 Å². The Labute approximate surface area is 137 Å².